The van der Waals surface area contributed by atoms with Crippen LogP contribution in [0.4, 0.5) is 0 Å². The molecule has 0 aliphatic heterocycles. The molecule has 380 valence electrons. The van der Waals surface area contributed by atoms with Crippen LogP contribution in [0.5, 0.6) is 0 Å². The summed E-state index contributed by atoms with van der Waals surface area (Å²) >= 11 is 2.52. The van der Waals surface area contributed by atoms with Gasteiger partial charge in [-0.1, -0.05) is 41.5 Å². The van der Waals surface area contributed by atoms with Crippen LogP contribution in [0.15, 0.2) is 84.4 Å². The smallest absolute Gasteiger partial charge is 1.00 e. The summed E-state index contributed by atoms with van der Waals surface area (Å²) in [5.74, 6) is 0. The van der Waals surface area contributed by atoms with E-state index >= 15 is 0 Å². The third-order valence-corrected chi connectivity index (χ3v) is 21.2. The molecule has 0 amide bonds. The molecule has 0 bridgehead atoms. The van der Waals surface area contributed by atoms with Crippen molar-refractivity contribution in [1.82, 2.24) is 0 Å². The molecule has 5 rings (SSSR count). The van der Waals surface area contributed by atoms with Crippen LogP contribution in [0.3, 0.4) is 0 Å². The maximum absolute atomic E-state index is 2.98. The molecule has 0 spiro atoms. The van der Waals surface area contributed by atoms with E-state index in [9.17, 15) is 0 Å². The number of halogens is 3. The molecule has 1 atom stereocenters. The fourth-order valence-electron chi connectivity index (χ4n) is 11.3. The van der Waals surface area contributed by atoms with Crippen molar-refractivity contribution in [3.63, 3.8) is 0 Å². The Hall–Kier alpha value is -1.58. The molecule has 0 saturated carbocycles. The van der Waals surface area contributed by atoms with Crippen molar-refractivity contribution in [2.45, 2.75) is 245 Å². The molecule has 4 aromatic carbocycles. The van der Waals surface area contributed by atoms with E-state index in [0.717, 1.165) is 0 Å². The van der Waals surface area contributed by atoms with Crippen LogP contribution >= 0.6 is 0 Å². The number of hydrogen-bond acceptors (Lipinski definition) is 0. The van der Waals surface area contributed by atoms with Gasteiger partial charge < -0.3 is 37.2 Å². The SMILES string of the molecule is CCCCCCc1cc(CCCCCC)cc([Si](C2=C(C)[CH]([Ti+3])c3ccccc32)(c2cc(CCCCCC)cc(CCCCCC)c2)c2cc(CCCCCC)cc(CCCCCC)c2)c1.[Cl-].[Cl-].[Cl-]. The van der Waals surface area contributed by atoms with Crippen LogP contribution in [-0.2, 0) is 59.0 Å². The van der Waals surface area contributed by atoms with Crippen molar-refractivity contribution in [1.29, 1.82) is 0 Å². The van der Waals surface area contributed by atoms with Gasteiger partial charge in [-0.3, -0.25) is 0 Å². The second-order valence-corrected chi connectivity index (χ2v) is 25.4. The second-order valence-electron chi connectivity index (χ2n) is 20.8. The Labute approximate surface area is 457 Å². The van der Waals surface area contributed by atoms with Gasteiger partial charge in [0.2, 0.25) is 0 Å². The van der Waals surface area contributed by atoms with Gasteiger partial charge in [-0.2, -0.15) is 0 Å². The third kappa shape index (κ3) is 18.7. The first-order chi connectivity index (χ1) is 32.3. The van der Waals surface area contributed by atoms with Crippen LogP contribution in [0.1, 0.15) is 251 Å². The molecule has 0 N–H and O–H groups in total. The summed E-state index contributed by atoms with van der Waals surface area (Å²) in [7, 11) is -2.98. The van der Waals surface area contributed by atoms with E-state index in [1.807, 2.05) is 0 Å². The second kappa shape index (κ2) is 35.6. The predicted octanol–water partition coefficient (Wildman–Crippen LogP) is 8.52. The van der Waals surface area contributed by atoms with Gasteiger partial charge in [0.05, 0.1) is 0 Å². The third-order valence-electron chi connectivity index (χ3n) is 15.1. The van der Waals surface area contributed by atoms with E-state index in [2.05, 4.69) is 148 Å². The largest absolute Gasteiger partial charge is 1.00 e. The zero-order valence-electron chi connectivity index (χ0n) is 44.9. The monoisotopic (exact) mass is 1040 g/mol. The van der Waals surface area contributed by atoms with Crippen molar-refractivity contribution in [3.05, 3.63) is 129 Å². The molecule has 4 aromatic rings. The summed E-state index contributed by atoms with van der Waals surface area (Å²) < 4.78 is 0.408. The predicted molar refractivity (Wildman–Crippen MR) is 293 cm³/mol. The number of unbranched alkanes of at least 4 members (excludes halogenated alkanes) is 18. The van der Waals surface area contributed by atoms with Crippen molar-refractivity contribution in [2.24, 2.45) is 0 Å². The molecule has 5 heteroatoms. The Kier molecular flexibility index (Phi) is 32.7. The van der Waals surface area contributed by atoms with E-state index in [1.54, 1.807) is 70.8 Å². The molecule has 1 aliphatic rings. The minimum atomic E-state index is -2.98. The van der Waals surface area contributed by atoms with Gasteiger partial charge in [0.15, 0.2) is 0 Å². The van der Waals surface area contributed by atoms with Crippen LogP contribution < -0.4 is 52.8 Å². The molecule has 0 aromatic heterocycles. The Bertz CT molecular complexity index is 1790. The molecular weight excluding hydrogens is 951 g/mol. The van der Waals surface area contributed by atoms with Crippen LogP contribution in [-0.4, -0.2) is 8.07 Å². The maximum atomic E-state index is 2.81. The Morgan fingerprint density at radius 2 is 0.623 bits per heavy atom. The van der Waals surface area contributed by atoms with Gasteiger partial charge >= 0.3 is 382 Å². The van der Waals surface area contributed by atoms with Gasteiger partial charge in [-0.25, -0.2) is 0 Å². The van der Waals surface area contributed by atoms with Crippen LogP contribution in [0.2, 0.25) is 0 Å². The van der Waals surface area contributed by atoms with E-state index in [0.29, 0.717) is 4.22 Å². The molecule has 0 radical (unpaired) electrons. The minimum Gasteiger partial charge on any atom is -1.00 e. The summed E-state index contributed by atoms with van der Waals surface area (Å²) in [6.07, 6.45) is 38.5. The zero-order valence-corrected chi connectivity index (χ0v) is 49.8. The molecule has 1 aliphatic carbocycles. The first-order valence-corrected chi connectivity index (χ1v) is 31.2. The number of hydrogen-bond donors (Lipinski definition) is 0. The topological polar surface area (TPSA) is 0 Å². The van der Waals surface area contributed by atoms with E-state index in [1.165, 1.54) is 193 Å². The molecule has 0 fully saturated rings. The van der Waals surface area contributed by atoms with Crippen molar-refractivity contribution < 1.29 is 57.7 Å². The van der Waals surface area contributed by atoms with Crippen molar-refractivity contribution in [2.75, 3.05) is 0 Å². The number of benzene rings is 4. The standard InChI is InChI=1S/C64H95Si.3ClH.Ti/c1-8-14-20-26-34-53-43-54(35-27-21-15-9-2)47-60(46-53)65(64-52(7)42-59-40-32-33-41-63(59)64,61-48-55(36-28-22-16-10-3)44-56(49-61)37-29-23-17-11-4)62-50-57(38-30-24-18-12-5)45-58(51-62)39-31-25-19-13-6;;;;/h32-33,40-51H,8-31,34-39H2,1-7H3;3*1H;/q;;;;+3/p-3. The van der Waals surface area contributed by atoms with E-state index in [-0.39, 0.29) is 37.2 Å². The quantitative estimate of drug-likeness (QED) is 0.0250. The average molecular weight is 1050 g/mol. The Morgan fingerprint density at radius 3 is 0.884 bits per heavy atom. The van der Waals surface area contributed by atoms with Gasteiger partial charge in [-0.05, 0) is 0 Å². The summed E-state index contributed by atoms with van der Waals surface area (Å²) in [4.78, 5) is 0. The maximum Gasteiger partial charge on any atom is -1.00 e. The number of rotatable bonds is 34. The Morgan fingerprint density at radius 1 is 0.362 bits per heavy atom. The van der Waals surface area contributed by atoms with Gasteiger partial charge in [0, 0.05) is 0 Å². The molecular formula is C64H95Cl3SiTi. The van der Waals surface area contributed by atoms with Gasteiger partial charge in [-0.15, -0.1) is 0 Å². The first-order valence-electron chi connectivity index (χ1n) is 28.3. The molecule has 0 heterocycles. The van der Waals surface area contributed by atoms with Crippen molar-refractivity contribution >= 4 is 28.8 Å². The van der Waals surface area contributed by atoms with E-state index < -0.39 is 8.07 Å². The fraction of sp³-hybridized carbons (Fsp3) is 0.594. The first kappa shape index (κ1) is 63.5. The zero-order chi connectivity index (χ0) is 47.0. The molecule has 69 heavy (non-hydrogen) atoms. The average Bonchev–Trinajstić information content (AvgIpc) is 3.58. The number of aryl methyl sites for hydroxylation is 6. The molecule has 0 nitrogen and oxygen atoms in total. The Balaban J connectivity index is 0.00000544. The van der Waals surface area contributed by atoms with Crippen LogP contribution in [0, 0.1) is 0 Å². The minimum absolute atomic E-state index is 0. The number of allylic oxidation sites excluding steroid dienone is 1. The van der Waals surface area contributed by atoms with Gasteiger partial charge in [0.25, 0.3) is 0 Å². The number of fused-ring (bicyclic) bond motifs is 1. The summed E-state index contributed by atoms with van der Waals surface area (Å²) in [6.45, 7) is 16.7. The van der Waals surface area contributed by atoms with Crippen molar-refractivity contribution in [3.8, 4) is 0 Å². The van der Waals surface area contributed by atoms with E-state index in [4.69, 9.17) is 0 Å². The normalized spacial score (nSPS) is 13.3. The van der Waals surface area contributed by atoms with Gasteiger partial charge in [0.1, 0.15) is 0 Å². The summed E-state index contributed by atoms with van der Waals surface area (Å²) in [5.41, 5.74) is 14.3. The summed E-state index contributed by atoms with van der Waals surface area (Å²) in [6, 6.07) is 34.5. The molecule has 0 saturated heterocycles. The fourth-order valence-corrected chi connectivity index (χ4v) is 17.8. The van der Waals surface area contributed by atoms with Crippen LogP contribution in [0.25, 0.3) is 5.20 Å². The summed E-state index contributed by atoms with van der Waals surface area (Å²) in [5, 5.41) is 6.71. The molecule has 1 unspecified atom stereocenters.